The molecule has 7 nitrogen and oxygen atoms in total. The van der Waals surface area contributed by atoms with E-state index in [4.69, 9.17) is 5.73 Å². The lowest BCUT2D eigenvalue weighted by molar-refractivity contribution is 0.0945. The monoisotopic (exact) mass is 254 g/mol. The van der Waals surface area contributed by atoms with Gasteiger partial charge < -0.3 is 5.73 Å². The Labute approximate surface area is 108 Å². The smallest absolute Gasteiger partial charge is 0.279 e. The van der Waals surface area contributed by atoms with Crippen LogP contribution < -0.4 is 5.73 Å². The molecule has 0 aliphatic heterocycles. The van der Waals surface area contributed by atoms with Crippen LogP contribution in [0.1, 0.15) is 10.4 Å². The van der Waals surface area contributed by atoms with E-state index in [0.29, 0.717) is 5.56 Å². The van der Waals surface area contributed by atoms with E-state index in [2.05, 4.69) is 20.3 Å². The van der Waals surface area contributed by atoms with Crippen LogP contribution in [0.4, 0.5) is 5.95 Å². The fraction of sp³-hybridized carbons (Fsp3) is 0. The molecule has 0 saturated heterocycles. The van der Waals surface area contributed by atoms with Crippen LogP contribution in [0.2, 0.25) is 0 Å². The number of benzene rings is 1. The summed E-state index contributed by atoms with van der Waals surface area (Å²) in [5, 5.41) is 10.4. The van der Waals surface area contributed by atoms with Gasteiger partial charge in [-0.2, -0.15) is 9.78 Å². The number of hydrogen-bond acceptors (Lipinski definition) is 5. The highest BCUT2D eigenvalue weighted by atomic mass is 16.2. The normalized spacial score (nSPS) is 10.5. The standard InChI is InChI=1S/C12H10N6O/c13-12-14-7-18(17-12)11(19)9-3-1-2-8(4-9)10-5-15-16-6-10/h1-7H,(H2,13,17)(H,15,16). The molecule has 3 aromatic rings. The summed E-state index contributed by atoms with van der Waals surface area (Å²) >= 11 is 0. The van der Waals surface area contributed by atoms with Gasteiger partial charge in [0.2, 0.25) is 5.95 Å². The van der Waals surface area contributed by atoms with Crippen molar-refractivity contribution in [2.24, 2.45) is 0 Å². The molecule has 0 radical (unpaired) electrons. The Bertz CT molecular complexity index is 715. The van der Waals surface area contributed by atoms with Crippen molar-refractivity contribution in [2.45, 2.75) is 0 Å². The van der Waals surface area contributed by atoms with Gasteiger partial charge in [-0.15, -0.1) is 5.10 Å². The molecule has 7 heteroatoms. The number of rotatable bonds is 2. The summed E-state index contributed by atoms with van der Waals surface area (Å²) in [7, 11) is 0. The maximum absolute atomic E-state index is 12.2. The predicted octanol–water partition coefficient (Wildman–Crippen LogP) is 0.939. The number of H-pyrrole nitrogens is 1. The lowest BCUT2D eigenvalue weighted by atomic mass is 10.1. The molecule has 2 heterocycles. The van der Waals surface area contributed by atoms with Crippen molar-refractivity contribution in [3.05, 3.63) is 48.5 Å². The molecular formula is C12H10N6O. The molecule has 0 amide bonds. The average Bonchev–Trinajstić information content (AvgIpc) is 3.09. The zero-order chi connectivity index (χ0) is 13.2. The number of aromatic nitrogens is 5. The molecule has 0 aliphatic rings. The number of carbonyl (C=O) groups is 1. The summed E-state index contributed by atoms with van der Waals surface area (Å²) in [4.78, 5) is 15.9. The van der Waals surface area contributed by atoms with Crippen LogP contribution in [-0.2, 0) is 0 Å². The summed E-state index contributed by atoms with van der Waals surface area (Å²) in [6, 6.07) is 7.18. The number of anilines is 1. The number of carbonyl (C=O) groups excluding carboxylic acids is 1. The van der Waals surface area contributed by atoms with Gasteiger partial charge in [0.15, 0.2) is 0 Å². The van der Waals surface area contributed by atoms with Gasteiger partial charge in [0, 0.05) is 17.3 Å². The van der Waals surface area contributed by atoms with Gasteiger partial charge in [-0.25, -0.2) is 4.98 Å². The van der Waals surface area contributed by atoms with E-state index >= 15 is 0 Å². The predicted molar refractivity (Wildman–Crippen MR) is 68.2 cm³/mol. The Kier molecular flexibility index (Phi) is 2.57. The van der Waals surface area contributed by atoms with Crippen molar-refractivity contribution in [2.75, 3.05) is 5.73 Å². The molecule has 1 aromatic carbocycles. The minimum absolute atomic E-state index is 0.0688. The number of nitrogens with one attached hydrogen (secondary N) is 1. The van der Waals surface area contributed by atoms with Crippen molar-refractivity contribution in [1.82, 2.24) is 25.0 Å². The third-order valence-corrected chi connectivity index (χ3v) is 2.66. The van der Waals surface area contributed by atoms with E-state index < -0.39 is 0 Å². The average molecular weight is 254 g/mol. The number of nitrogens with zero attached hydrogens (tertiary/aromatic N) is 4. The van der Waals surface area contributed by atoms with E-state index in [-0.39, 0.29) is 11.9 Å². The second kappa shape index (κ2) is 4.37. The Morgan fingerprint density at radius 2 is 2.21 bits per heavy atom. The molecule has 94 valence electrons. The third-order valence-electron chi connectivity index (χ3n) is 2.66. The second-order valence-electron chi connectivity index (χ2n) is 3.92. The van der Waals surface area contributed by atoms with Gasteiger partial charge in [-0.1, -0.05) is 12.1 Å². The largest absolute Gasteiger partial charge is 0.366 e. The van der Waals surface area contributed by atoms with Crippen LogP contribution in [0, 0.1) is 0 Å². The van der Waals surface area contributed by atoms with E-state index in [1.165, 1.54) is 6.33 Å². The summed E-state index contributed by atoms with van der Waals surface area (Å²) < 4.78 is 1.11. The van der Waals surface area contributed by atoms with E-state index in [1.54, 1.807) is 30.6 Å². The zero-order valence-electron chi connectivity index (χ0n) is 9.82. The van der Waals surface area contributed by atoms with Gasteiger partial charge in [0.1, 0.15) is 6.33 Å². The fourth-order valence-corrected chi connectivity index (χ4v) is 1.75. The molecule has 0 fully saturated rings. The van der Waals surface area contributed by atoms with Crippen molar-refractivity contribution in [3.8, 4) is 11.1 Å². The van der Waals surface area contributed by atoms with Crippen molar-refractivity contribution < 1.29 is 4.79 Å². The van der Waals surface area contributed by atoms with E-state index in [0.717, 1.165) is 15.8 Å². The molecule has 0 unspecified atom stereocenters. The Morgan fingerprint density at radius 1 is 1.32 bits per heavy atom. The molecule has 0 spiro atoms. The number of aromatic amines is 1. The minimum atomic E-state index is -0.283. The number of hydrogen-bond donors (Lipinski definition) is 2. The van der Waals surface area contributed by atoms with Gasteiger partial charge in [-0.05, 0) is 17.7 Å². The lowest BCUT2D eigenvalue weighted by Crippen LogP contribution is -2.12. The van der Waals surface area contributed by atoms with Crippen molar-refractivity contribution in [1.29, 1.82) is 0 Å². The van der Waals surface area contributed by atoms with Crippen LogP contribution in [-0.4, -0.2) is 30.9 Å². The second-order valence-corrected chi connectivity index (χ2v) is 3.92. The summed E-state index contributed by atoms with van der Waals surface area (Å²) in [6.45, 7) is 0. The quantitative estimate of drug-likeness (QED) is 0.708. The first-order valence-corrected chi connectivity index (χ1v) is 5.55. The Morgan fingerprint density at radius 3 is 2.89 bits per heavy atom. The minimum Gasteiger partial charge on any atom is -0.366 e. The molecule has 3 N–H and O–H groups in total. The van der Waals surface area contributed by atoms with Gasteiger partial charge in [0.25, 0.3) is 5.91 Å². The SMILES string of the molecule is Nc1ncn(C(=O)c2cccc(-c3cn[nH]c3)c2)n1. The van der Waals surface area contributed by atoms with Gasteiger partial charge in [-0.3, -0.25) is 9.89 Å². The maximum Gasteiger partial charge on any atom is 0.279 e. The van der Waals surface area contributed by atoms with Gasteiger partial charge in [0.05, 0.1) is 6.20 Å². The number of nitrogen functional groups attached to an aromatic ring is 1. The summed E-state index contributed by atoms with van der Waals surface area (Å²) in [6.07, 6.45) is 4.75. The van der Waals surface area contributed by atoms with Crippen LogP contribution >= 0.6 is 0 Å². The van der Waals surface area contributed by atoms with Crippen LogP contribution in [0.5, 0.6) is 0 Å². The van der Waals surface area contributed by atoms with E-state index in [9.17, 15) is 4.79 Å². The Balaban J connectivity index is 1.98. The summed E-state index contributed by atoms with van der Waals surface area (Å²) in [5.41, 5.74) is 7.70. The maximum atomic E-state index is 12.2. The summed E-state index contributed by atoms with van der Waals surface area (Å²) in [5.74, 6) is -0.214. The topological polar surface area (TPSA) is 102 Å². The molecule has 19 heavy (non-hydrogen) atoms. The van der Waals surface area contributed by atoms with Crippen molar-refractivity contribution in [3.63, 3.8) is 0 Å². The van der Waals surface area contributed by atoms with E-state index in [1.807, 2.05) is 6.07 Å². The van der Waals surface area contributed by atoms with Crippen LogP contribution in [0.3, 0.4) is 0 Å². The third kappa shape index (κ3) is 2.08. The van der Waals surface area contributed by atoms with Crippen molar-refractivity contribution >= 4 is 11.9 Å². The molecule has 0 atom stereocenters. The lowest BCUT2D eigenvalue weighted by Gasteiger charge is -2.02. The molecular weight excluding hydrogens is 244 g/mol. The number of nitrogens with two attached hydrogens (primary N) is 1. The molecule has 0 saturated carbocycles. The molecule has 2 aromatic heterocycles. The highest BCUT2D eigenvalue weighted by Crippen LogP contribution is 2.19. The first kappa shape index (κ1) is 11.1. The molecule has 0 aliphatic carbocycles. The highest BCUT2D eigenvalue weighted by molar-refractivity contribution is 5.96. The molecule has 0 bridgehead atoms. The highest BCUT2D eigenvalue weighted by Gasteiger charge is 2.11. The van der Waals surface area contributed by atoms with Crippen LogP contribution in [0.15, 0.2) is 43.0 Å². The molecule has 3 rings (SSSR count). The zero-order valence-corrected chi connectivity index (χ0v) is 9.82. The first-order chi connectivity index (χ1) is 9.24. The Hall–Kier alpha value is -2.96. The fourth-order valence-electron chi connectivity index (χ4n) is 1.75. The van der Waals surface area contributed by atoms with Crippen LogP contribution in [0.25, 0.3) is 11.1 Å². The van der Waals surface area contributed by atoms with Gasteiger partial charge >= 0.3 is 0 Å². The first-order valence-electron chi connectivity index (χ1n) is 5.55.